The first-order chi connectivity index (χ1) is 7.91. The number of alkyl halides is 3. The molecule has 1 aromatic carbocycles. The van der Waals surface area contributed by atoms with Crippen molar-refractivity contribution in [1.82, 2.24) is 0 Å². The van der Waals surface area contributed by atoms with Gasteiger partial charge in [-0.25, -0.2) is 8.42 Å². The van der Waals surface area contributed by atoms with Gasteiger partial charge in [0, 0.05) is 19.5 Å². The topological polar surface area (TPSA) is 37.4 Å². The number of nitrogens with zero attached hydrogens (tertiary/aromatic N) is 1. The summed E-state index contributed by atoms with van der Waals surface area (Å²) in [5.74, 6) is -3.15. The monoisotopic (exact) mass is 283 g/mol. The van der Waals surface area contributed by atoms with Gasteiger partial charge in [0.15, 0.2) is 0 Å². The average molecular weight is 284 g/mol. The number of halogens is 3. The second-order valence-corrected chi connectivity index (χ2v) is 5.65. The van der Waals surface area contributed by atoms with Crippen LogP contribution in [-0.4, -0.2) is 33.6 Å². The number of hydrogen-bond donors (Lipinski definition) is 0. The van der Waals surface area contributed by atoms with Crippen LogP contribution in [0.4, 0.5) is 14.5 Å². The second kappa shape index (κ2) is 5.64. The van der Waals surface area contributed by atoms with Gasteiger partial charge in [-0.1, -0.05) is 12.1 Å². The van der Waals surface area contributed by atoms with Crippen molar-refractivity contribution >= 4 is 27.1 Å². The molecule has 0 saturated heterocycles. The molecular formula is C10H12ClF2NO2S. The van der Waals surface area contributed by atoms with Crippen LogP contribution >= 0.6 is 11.6 Å². The summed E-state index contributed by atoms with van der Waals surface area (Å²) in [7, 11) is -2.99. The molecule has 0 N–H and O–H groups in total. The molecule has 0 aliphatic rings. The molecule has 3 nitrogen and oxygen atoms in total. The second-order valence-electron chi connectivity index (χ2n) is 3.38. The SMILES string of the molecule is CN(CCCl)c1ccccc1S(=O)(=O)C(F)F. The van der Waals surface area contributed by atoms with E-state index in [9.17, 15) is 17.2 Å². The molecule has 0 aromatic heterocycles. The van der Waals surface area contributed by atoms with Crippen molar-refractivity contribution in [1.29, 1.82) is 0 Å². The molecule has 1 aromatic rings. The summed E-state index contributed by atoms with van der Waals surface area (Å²) in [5.41, 5.74) is 0.230. The van der Waals surface area contributed by atoms with Gasteiger partial charge in [-0.3, -0.25) is 0 Å². The molecule has 0 radical (unpaired) electrons. The predicted octanol–water partition coefficient (Wildman–Crippen LogP) is 2.36. The van der Waals surface area contributed by atoms with Gasteiger partial charge in [-0.15, -0.1) is 11.6 Å². The van der Waals surface area contributed by atoms with Crippen LogP contribution in [0.25, 0.3) is 0 Å². The lowest BCUT2D eigenvalue weighted by molar-refractivity contribution is 0.235. The van der Waals surface area contributed by atoms with Gasteiger partial charge in [0.1, 0.15) is 0 Å². The Morgan fingerprint density at radius 1 is 1.35 bits per heavy atom. The van der Waals surface area contributed by atoms with Crippen molar-refractivity contribution in [3.63, 3.8) is 0 Å². The van der Waals surface area contributed by atoms with E-state index in [4.69, 9.17) is 11.6 Å². The third kappa shape index (κ3) is 3.07. The lowest BCUT2D eigenvalue weighted by atomic mass is 10.3. The number of sulfone groups is 1. The number of hydrogen-bond acceptors (Lipinski definition) is 3. The first-order valence-corrected chi connectivity index (χ1v) is 6.87. The summed E-state index contributed by atoms with van der Waals surface area (Å²) >= 11 is 5.54. The van der Waals surface area contributed by atoms with Crippen molar-refractivity contribution in [3.8, 4) is 0 Å². The molecule has 0 fully saturated rings. The third-order valence-corrected chi connectivity index (χ3v) is 3.83. The lowest BCUT2D eigenvalue weighted by Gasteiger charge is -2.21. The number of benzene rings is 1. The van der Waals surface area contributed by atoms with Crippen LogP contribution in [0.5, 0.6) is 0 Å². The molecule has 0 bridgehead atoms. The van der Waals surface area contributed by atoms with Gasteiger partial charge < -0.3 is 4.90 Å². The Labute approximate surface area is 104 Å². The van der Waals surface area contributed by atoms with Crippen molar-refractivity contribution in [2.75, 3.05) is 24.4 Å². The van der Waals surface area contributed by atoms with E-state index < -0.39 is 15.6 Å². The standard InChI is InChI=1S/C10H12ClF2NO2S/c1-14(7-6-11)8-4-2-3-5-9(8)17(15,16)10(12)13/h2-5,10H,6-7H2,1H3. The molecule has 0 atom stereocenters. The van der Waals surface area contributed by atoms with Gasteiger partial charge in [-0.2, -0.15) is 8.78 Å². The Kier molecular flexibility index (Phi) is 4.70. The highest BCUT2D eigenvalue weighted by Crippen LogP contribution is 2.28. The van der Waals surface area contributed by atoms with E-state index in [0.29, 0.717) is 6.54 Å². The Balaban J connectivity index is 3.26. The minimum atomic E-state index is -4.59. The van der Waals surface area contributed by atoms with E-state index in [-0.39, 0.29) is 16.5 Å². The minimum absolute atomic E-state index is 0.230. The maximum Gasteiger partial charge on any atom is 0.341 e. The highest BCUT2D eigenvalue weighted by molar-refractivity contribution is 7.91. The zero-order valence-corrected chi connectivity index (χ0v) is 10.7. The van der Waals surface area contributed by atoms with Crippen LogP contribution in [-0.2, 0) is 9.84 Å². The smallest absolute Gasteiger partial charge is 0.341 e. The first-order valence-electron chi connectivity index (χ1n) is 4.79. The van der Waals surface area contributed by atoms with Crippen molar-refractivity contribution in [2.24, 2.45) is 0 Å². The summed E-state index contributed by atoms with van der Waals surface area (Å²) in [6, 6.07) is 5.64. The molecule has 0 unspecified atom stereocenters. The minimum Gasteiger partial charge on any atom is -0.372 e. The Hall–Kier alpha value is -0.880. The molecule has 0 saturated carbocycles. The van der Waals surface area contributed by atoms with Gasteiger partial charge in [-0.05, 0) is 12.1 Å². The molecule has 17 heavy (non-hydrogen) atoms. The van der Waals surface area contributed by atoms with Gasteiger partial charge in [0.05, 0.1) is 10.6 Å². The molecule has 96 valence electrons. The zero-order chi connectivity index (χ0) is 13.1. The maximum absolute atomic E-state index is 12.5. The molecule has 1 rings (SSSR count). The number of rotatable bonds is 5. The third-order valence-electron chi connectivity index (χ3n) is 2.24. The van der Waals surface area contributed by atoms with E-state index in [2.05, 4.69) is 0 Å². The highest BCUT2D eigenvalue weighted by Gasteiger charge is 2.29. The van der Waals surface area contributed by atoms with Crippen molar-refractivity contribution in [3.05, 3.63) is 24.3 Å². The molecule has 0 aliphatic heterocycles. The number of anilines is 1. The lowest BCUT2D eigenvalue weighted by Crippen LogP contribution is -2.23. The fourth-order valence-electron chi connectivity index (χ4n) is 1.36. The fourth-order valence-corrected chi connectivity index (χ4v) is 2.59. The van der Waals surface area contributed by atoms with E-state index >= 15 is 0 Å². The van der Waals surface area contributed by atoms with Crippen LogP contribution in [0.1, 0.15) is 0 Å². The van der Waals surface area contributed by atoms with E-state index in [1.807, 2.05) is 0 Å². The molecule has 0 spiro atoms. The zero-order valence-electron chi connectivity index (χ0n) is 9.11. The van der Waals surface area contributed by atoms with Crippen molar-refractivity contribution in [2.45, 2.75) is 10.7 Å². The van der Waals surface area contributed by atoms with Crippen LogP contribution in [0.2, 0.25) is 0 Å². The molecule has 7 heteroatoms. The first kappa shape index (κ1) is 14.2. The molecular weight excluding hydrogens is 272 g/mol. The quantitative estimate of drug-likeness (QED) is 0.779. The van der Waals surface area contributed by atoms with Gasteiger partial charge >= 0.3 is 5.76 Å². The molecule has 0 aliphatic carbocycles. The Morgan fingerprint density at radius 2 is 1.94 bits per heavy atom. The van der Waals surface area contributed by atoms with E-state index in [0.717, 1.165) is 0 Å². The van der Waals surface area contributed by atoms with Crippen LogP contribution in [0.15, 0.2) is 29.2 Å². The normalized spacial score (nSPS) is 11.8. The van der Waals surface area contributed by atoms with Crippen LogP contribution < -0.4 is 4.90 Å². The predicted molar refractivity (Wildman–Crippen MR) is 63.6 cm³/mol. The summed E-state index contributed by atoms with van der Waals surface area (Å²) < 4.78 is 47.9. The van der Waals surface area contributed by atoms with E-state index in [1.54, 1.807) is 13.1 Å². The summed E-state index contributed by atoms with van der Waals surface area (Å²) in [6.07, 6.45) is 0. The van der Waals surface area contributed by atoms with Gasteiger partial charge in [0.2, 0.25) is 9.84 Å². The average Bonchev–Trinajstić information content (AvgIpc) is 2.29. The summed E-state index contributed by atoms with van der Waals surface area (Å²) in [6.45, 7) is 0.372. The van der Waals surface area contributed by atoms with Crippen LogP contribution in [0.3, 0.4) is 0 Å². The summed E-state index contributed by atoms with van der Waals surface area (Å²) in [4.78, 5) is 1.16. The van der Waals surface area contributed by atoms with Crippen LogP contribution in [0, 0.1) is 0 Å². The molecule has 0 heterocycles. The van der Waals surface area contributed by atoms with Gasteiger partial charge in [0.25, 0.3) is 0 Å². The fraction of sp³-hybridized carbons (Fsp3) is 0.400. The summed E-state index contributed by atoms with van der Waals surface area (Å²) in [5, 5.41) is 0. The van der Waals surface area contributed by atoms with Crippen molar-refractivity contribution < 1.29 is 17.2 Å². The highest BCUT2D eigenvalue weighted by atomic mass is 35.5. The largest absolute Gasteiger partial charge is 0.372 e. The Bertz CT molecular complexity index is 479. The Morgan fingerprint density at radius 3 is 2.47 bits per heavy atom. The maximum atomic E-state index is 12.5. The van der Waals surface area contributed by atoms with E-state index in [1.165, 1.54) is 23.1 Å². The number of para-hydroxylation sites is 1. The molecule has 0 amide bonds.